The molecule has 0 aliphatic carbocycles. The number of hydrogen-bond donors (Lipinski definition) is 4. The minimum atomic E-state index is -1.41. The number of esters is 1. The summed E-state index contributed by atoms with van der Waals surface area (Å²) in [5.74, 6) is -3.26. The standard InChI is InChI=1S/C19H11FN4O3.C19H9FN4O2.C17H14F2N6O3/c1-2-11-9-17(13(19(26)27)10-14(11)20)22-18(25)16-4-3-15(23-24-16)12-5-7-21-8-6-12;1-2-11-9-17-13(10-14(11)20)19(25)26-18(22-17)16-4-3-15(23-24-16)12-5-7-21-8-6-12;1-28-17(27)10-5-11(18)12(19)6-13(10)22-16(26)15-9(7-20)4-14(23-24-15)25-3-2-21-8-25/h1,3-10H,(H,22,25)(H,26,27);1,3-10H;2-6,8H,7,20H2,1H3,(H,22,26). The summed E-state index contributed by atoms with van der Waals surface area (Å²) in [5, 5.41) is 37.7. The SMILES string of the molecule is C#Cc1cc(NC(=O)c2ccc(-c3ccncc3)nn2)c(C(=O)O)cc1F.C#Cc1cc2nc(-c3ccc(-c4ccncc4)nn3)oc(=O)c2cc1F.COC(=O)c1cc(F)c(F)cc1NC(=O)c1nnc(-n2ccnc2)cc1CN. The third-order valence-corrected chi connectivity index (χ3v) is 11.1. The van der Waals surface area contributed by atoms with Crippen molar-refractivity contribution in [2.45, 2.75) is 6.54 Å². The normalized spacial score (nSPS) is 10.4. The maximum atomic E-state index is 13.8. The molecule has 0 unspecified atom stereocenters. The molecule has 3 aromatic carbocycles. The van der Waals surface area contributed by atoms with Gasteiger partial charge in [0, 0.05) is 66.5 Å². The number of nitrogens with zero attached hydrogens (tertiary/aromatic N) is 11. The van der Waals surface area contributed by atoms with E-state index in [1.54, 1.807) is 84.2 Å². The summed E-state index contributed by atoms with van der Waals surface area (Å²) in [6.45, 7) is -0.0401. The van der Waals surface area contributed by atoms with Crippen molar-refractivity contribution < 1.29 is 51.0 Å². The fourth-order valence-electron chi connectivity index (χ4n) is 7.11. The van der Waals surface area contributed by atoms with Gasteiger partial charge < -0.3 is 30.6 Å². The van der Waals surface area contributed by atoms with Gasteiger partial charge in [-0.3, -0.25) is 24.1 Å². The van der Waals surface area contributed by atoms with Crippen molar-refractivity contribution in [3.05, 3.63) is 207 Å². The number of benzene rings is 3. The molecule has 0 aliphatic heterocycles. The molecule has 7 aromatic heterocycles. The Morgan fingerprint density at radius 1 is 0.667 bits per heavy atom. The lowest BCUT2D eigenvalue weighted by molar-refractivity contribution is 0.0600. The number of nitrogens with two attached hydrogens (primary N) is 1. The number of anilines is 2. The Labute approximate surface area is 452 Å². The van der Waals surface area contributed by atoms with Crippen LogP contribution in [-0.2, 0) is 11.3 Å². The van der Waals surface area contributed by atoms with Crippen LogP contribution >= 0.6 is 0 Å². The number of ether oxygens (including phenoxy) is 1. The summed E-state index contributed by atoms with van der Waals surface area (Å²) < 4.78 is 65.8. The van der Waals surface area contributed by atoms with Crippen LogP contribution in [0.3, 0.4) is 0 Å². The van der Waals surface area contributed by atoms with E-state index in [1.165, 1.54) is 24.5 Å². The number of halogens is 4. The van der Waals surface area contributed by atoms with E-state index >= 15 is 0 Å². The zero-order valence-corrected chi connectivity index (χ0v) is 41.4. The highest BCUT2D eigenvalue weighted by atomic mass is 19.2. The lowest BCUT2D eigenvalue weighted by Crippen LogP contribution is -2.21. The monoisotopic (exact) mass is 1090 g/mol. The molecule has 0 bridgehead atoms. The summed E-state index contributed by atoms with van der Waals surface area (Å²) >= 11 is 0. The second kappa shape index (κ2) is 24.9. The molecule has 5 N–H and O–H groups in total. The Hall–Kier alpha value is -11.8. The molecule has 0 atom stereocenters. The highest BCUT2D eigenvalue weighted by Gasteiger charge is 2.23. The van der Waals surface area contributed by atoms with Crippen molar-refractivity contribution in [3.63, 3.8) is 0 Å². The first kappa shape index (κ1) is 55.5. The molecule has 0 radical (unpaired) electrons. The molecule has 0 fully saturated rings. The van der Waals surface area contributed by atoms with Crippen LogP contribution in [0.1, 0.15) is 58.4 Å². The Morgan fingerprint density at radius 3 is 1.83 bits per heavy atom. The number of fused-ring (bicyclic) bond motifs is 1. The Bertz CT molecular complexity index is 4170. The predicted octanol–water partition coefficient (Wildman–Crippen LogP) is 6.88. The summed E-state index contributed by atoms with van der Waals surface area (Å²) in [4.78, 5) is 76.1. The van der Waals surface area contributed by atoms with Crippen LogP contribution in [0.15, 0.2) is 144 Å². The number of carbonyl (C=O) groups is 4. The summed E-state index contributed by atoms with van der Waals surface area (Å²) in [6, 6.07) is 20.5. The van der Waals surface area contributed by atoms with Crippen LogP contribution in [0, 0.1) is 48.0 Å². The molecule has 0 saturated heterocycles. The van der Waals surface area contributed by atoms with E-state index in [-0.39, 0.29) is 68.5 Å². The Balaban J connectivity index is 0.000000159. The van der Waals surface area contributed by atoms with Gasteiger partial charge >= 0.3 is 17.6 Å². The number of imidazole rings is 1. The maximum Gasteiger partial charge on any atom is 0.347 e. The van der Waals surface area contributed by atoms with Crippen molar-refractivity contribution in [1.29, 1.82) is 0 Å². The van der Waals surface area contributed by atoms with E-state index in [1.807, 2.05) is 0 Å². The van der Waals surface area contributed by atoms with Crippen LogP contribution in [0.2, 0.25) is 0 Å². The number of carboxylic acid groups (broad SMARTS) is 1. The van der Waals surface area contributed by atoms with Crippen LogP contribution in [0.5, 0.6) is 0 Å². The fraction of sp³-hybridized carbons (Fsp3) is 0.0364. The lowest BCUT2D eigenvalue weighted by Gasteiger charge is -2.12. The number of hydrogen-bond acceptors (Lipinski definition) is 18. The van der Waals surface area contributed by atoms with E-state index in [0.717, 1.165) is 36.4 Å². The molecular formula is C55H34F4N14O8. The number of nitrogens with one attached hydrogen (secondary N) is 2. The fourth-order valence-corrected chi connectivity index (χ4v) is 7.11. The number of pyridine rings is 2. The molecule has 22 nitrogen and oxygen atoms in total. The maximum absolute atomic E-state index is 13.8. The molecule has 0 spiro atoms. The average molecular weight is 1090 g/mol. The molecular weight excluding hydrogens is 1060 g/mol. The number of methoxy groups -OCH3 is 1. The van der Waals surface area contributed by atoms with Gasteiger partial charge in [-0.2, -0.15) is 0 Å². The first-order chi connectivity index (χ1) is 39.1. The molecule has 26 heteroatoms. The van der Waals surface area contributed by atoms with E-state index in [2.05, 4.69) is 77.7 Å². The first-order valence-electron chi connectivity index (χ1n) is 23.0. The molecule has 81 heavy (non-hydrogen) atoms. The number of terminal acetylenes is 2. The summed E-state index contributed by atoms with van der Waals surface area (Å²) in [5.41, 5.74) is 7.07. The van der Waals surface area contributed by atoms with Crippen molar-refractivity contribution in [2.24, 2.45) is 5.73 Å². The number of carboxylic acids is 1. The quantitative estimate of drug-likeness (QED) is 0.0583. The van der Waals surface area contributed by atoms with Gasteiger partial charge in [-0.05, 0) is 84.9 Å². The van der Waals surface area contributed by atoms with Crippen LogP contribution < -0.4 is 22.0 Å². The topological polar surface area (TPSA) is 312 Å². The number of rotatable bonds is 11. The Kier molecular flexibility index (Phi) is 17.1. The third-order valence-electron chi connectivity index (χ3n) is 11.1. The minimum absolute atomic E-state index is 0.00612. The van der Waals surface area contributed by atoms with E-state index in [4.69, 9.17) is 23.0 Å². The lowest BCUT2D eigenvalue weighted by atomic mass is 10.1. The molecule has 400 valence electrons. The summed E-state index contributed by atoms with van der Waals surface area (Å²) in [6.07, 6.45) is 21.6. The van der Waals surface area contributed by atoms with Crippen molar-refractivity contribution in [2.75, 3.05) is 17.7 Å². The highest BCUT2D eigenvalue weighted by molar-refractivity contribution is 6.08. The zero-order valence-electron chi connectivity index (χ0n) is 41.4. The minimum Gasteiger partial charge on any atom is -0.478 e. The van der Waals surface area contributed by atoms with Gasteiger partial charge in [0.15, 0.2) is 28.8 Å². The Morgan fingerprint density at radius 2 is 1.25 bits per heavy atom. The van der Waals surface area contributed by atoms with Crippen molar-refractivity contribution in [1.82, 2.24) is 55.1 Å². The smallest absolute Gasteiger partial charge is 0.347 e. The van der Waals surface area contributed by atoms with Crippen molar-refractivity contribution >= 4 is 46.0 Å². The molecule has 7 heterocycles. The third kappa shape index (κ3) is 12.9. The van der Waals surface area contributed by atoms with Gasteiger partial charge in [0.2, 0.25) is 0 Å². The number of carbonyl (C=O) groups excluding carboxylic acids is 3. The van der Waals surface area contributed by atoms with E-state index in [9.17, 15) is 46.6 Å². The van der Waals surface area contributed by atoms with Gasteiger partial charge in [0.05, 0.1) is 63.0 Å². The average Bonchev–Trinajstić information content (AvgIpc) is 4.05. The van der Waals surface area contributed by atoms with E-state index < -0.39 is 58.2 Å². The molecule has 10 aromatic rings. The van der Waals surface area contributed by atoms with Crippen LogP contribution in [0.25, 0.3) is 50.8 Å². The number of aromatic carboxylic acids is 1. The van der Waals surface area contributed by atoms with Gasteiger partial charge in [0.1, 0.15) is 23.7 Å². The van der Waals surface area contributed by atoms with Gasteiger partial charge in [0.25, 0.3) is 17.7 Å². The van der Waals surface area contributed by atoms with Crippen LogP contribution in [0.4, 0.5) is 28.9 Å². The first-order valence-corrected chi connectivity index (χ1v) is 23.0. The van der Waals surface area contributed by atoms with Gasteiger partial charge in [-0.1, -0.05) is 11.8 Å². The molecule has 10 rings (SSSR count). The van der Waals surface area contributed by atoms with Crippen molar-refractivity contribution in [3.8, 4) is 64.6 Å². The largest absolute Gasteiger partial charge is 0.478 e. The zero-order chi connectivity index (χ0) is 57.7. The molecule has 2 amide bonds. The van der Waals surface area contributed by atoms with E-state index in [0.29, 0.717) is 34.9 Å². The van der Waals surface area contributed by atoms with Gasteiger partial charge in [-0.25, -0.2) is 41.9 Å². The predicted molar refractivity (Wildman–Crippen MR) is 280 cm³/mol. The molecule has 0 aliphatic rings. The van der Waals surface area contributed by atoms with Gasteiger partial charge in [-0.15, -0.1) is 43.4 Å². The van der Waals surface area contributed by atoms with Crippen LogP contribution in [-0.4, -0.2) is 91.1 Å². The molecule has 0 saturated carbocycles. The number of aromatic nitrogens is 11. The second-order valence-corrected chi connectivity index (χ2v) is 16.2. The highest BCUT2D eigenvalue weighted by Crippen LogP contribution is 2.25. The number of amides is 2. The summed E-state index contributed by atoms with van der Waals surface area (Å²) in [7, 11) is 1.07. The second-order valence-electron chi connectivity index (χ2n) is 16.2.